The van der Waals surface area contributed by atoms with Crippen molar-refractivity contribution in [3.8, 4) is 0 Å². The summed E-state index contributed by atoms with van der Waals surface area (Å²) in [6, 6.07) is 0.0615. The monoisotopic (exact) mass is 199 g/mol. The number of rotatable bonds is 0. The zero-order chi connectivity index (χ0) is 10.3. The van der Waals surface area contributed by atoms with Gasteiger partial charge in [0.05, 0.1) is 6.10 Å². The van der Waals surface area contributed by atoms with Gasteiger partial charge in [-0.2, -0.15) is 0 Å². The Labute approximate surface area is 83.7 Å². The van der Waals surface area contributed by atoms with Crippen molar-refractivity contribution in [1.82, 2.24) is 0 Å². The molecule has 80 valence electrons. The zero-order valence-corrected chi connectivity index (χ0v) is 8.66. The molecular weight excluding hydrogens is 182 g/mol. The van der Waals surface area contributed by atoms with E-state index in [0.717, 1.165) is 12.8 Å². The lowest BCUT2D eigenvalue weighted by molar-refractivity contribution is -0.156. The van der Waals surface area contributed by atoms with Crippen LogP contribution in [0.5, 0.6) is 0 Å². The molecule has 3 atom stereocenters. The maximum absolute atomic E-state index is 11.7. The maximum Gasteiger partial charge on any atom is 0.164 e. The number of ether oxygens (including phenoxy) is 2. The van der Waals surface area contributed by atoms with E-state index in [1.807, 2.05) is 13.8 Å². The summed E-state index contributed by atoms with van der Waals surface area (Å²) >= 11 is 0. The van der Waals surface area contributed by atoms with E-state index in [0.29, 0.717) is 6.42 Å². The molecule has 1 saturated heterocycles. The molecule has 1 saturated carbocycles. The zero-order valence-electron chi connectivity index (χ0n) is 8.66. The molecule has 0 aromatic carbocycles. The number of ketones is 1. The van der Waals surface area contributed by atoms with Crippen molar-refractivity contribution in [1.29, 1.82) is 0 Å². The van der Waals surface area contributed by atoms with E-state index in [-0.39, 0.29) is 17.9 Å². The average molecular weight is 199 g/mol. The molecule has 2 N–H and O–H groups in total. The maximum atomic E-state index is 11.7. The Bertz CT molecular complexity index is 252. The Balaban J connectivity index is 2.15. The molecule has 2 fully saturated rings. The van der Waals surface area contributed by atoms with Gasteiger partial charge in [-0.1, -0.05) is 0 Å². The van der Waals surface area contributed by atoms with E-state index >= 15 is 0 Å². The molecule has 1 aliphatic carbocycles. The molecule has 0 aromatic heterocycles. The van der Waals surface area contributed by atoms with Crippen molar-refractivity contribution in [2.24, 2.45) is 5.73 Å². The molecule has 14 heavy (non-hydrogen) atoms. The van der Waals surface area contributed by atoms with Crippen LogP contribution < -0.4 is 5.73 Å². The topological polar surface area (TPSA) is 61.5 Å². The fourth-order valence-corrected chi connectivity index (χ4v) is 2.17. The van der Waals surface area contributed by atoms with Crippen LogP contribution in [0.3, 0.4) is 0 Å². The highest BCUT2D eigenvalue weighted by Gasteiger charge is 2.46. The van der Waals surface area contributed by atoms with Crippen LogP contribution in [0.15, 0.2) is 0 Å². The quantitative estimate of drug-likeness (QED) is 0.620. The minimum atomic E-state index is -0.637. The van der Waals surface area contributed by atoms with Crippen LogP contribution >= 0.6 is 0 Å². The van der Waals surface area contributed by atoms with Gasteiger partial charge in [0, 0.05) is 12.5 Å². The number of nitrogens with two attached hydrogens (primary N) is 1. The second-order valence-corrected chi connectivity index (χ2v) is 4.60. The lowest BCUT2D eigenvalue weighted by Gasteiger charge is -2.18. The number of carbonyl (C=O) groups excluding carboxylic acids is 1. The number of fused-ring (bicyclic) bond motifs is 1. The first-order chi connectivity index (χ1) is 6.48. The largest absolute Gasteiger partial charge is 0.344 e. The molecule has 4 heteroatoms. The van der Waals surface area contributed by atoms with E-state index in [2.05, 4.69) is 0 Å². The van der Waals surface area contributed by atoms with Gasteiger partial charge in [-0.3, -0.25) is 4.79 Å². The van der Waals surface area contributed by atoms with E-state index < -0.39 is 11.9 Å². The van der Waals surface area contributed by atoms with Crippen LogP contribution in [0.2, 0.25) is 0 Å². The Morgan fingerprint density at radius 1 is 1.43 bits per heavy atom. The minimum Gasteiger partial charge on any atom is -0.344 e. The molecule has 0 aromatic rings. The predicted octanol–water partition coefficient (Wildman–Crippen LogP) is 0.587. The summed E-state index contributed by atoms with van der Waals surface area (Å²) in [6.45, 7) is 3.67. The fourth-order valence-electron chi connectivity index (χ4n) is 2.17. The Morgan fingerprint density at radius 3 is 2.86 bits per heavy atom. The second kappa shape index (κ2) is 3.29. The van der Waals surface area contributed by atoms with Gasteiger partial charge in [-0.05, 0) is 26.7 Å². The Kier molecular flexibility index (Phi) is 2.37. The third-order valence-corrected chi connectivity index (χ3v) is 2.80. The highest BCUT2D eigenvalue weighted by atomic mass is 16.8. The summed E-state index contributed by atoms with van der Waals surface area (Å²) < 4.78 is 11.2. The number of Topliss-reactive ketones (excluding diaryl/α,β-unsaturated/α-hetero) is 1. The molecule has 0 amide bonds. The SMILES string of the molecule is CC1(C)O[C@H]2C[C@@H](N)CCC(=O)[C@@H]2O1. The summed E-state index contributed by atoms with van der Waals surface area (Å²) in [5.41, 5.74) is 5.85. The summed E-state index contributed by atoms with van der Waals surface area (Å²) in [7, 11) is 0. The average Bonchev–Trinajstić information content (AvgIpc) is 2.31. The summed E-state index contributed by atoms with van der Waals surface area (Å²) in [6.07, 6.45) is 1.45. The van der Waals surface area contributed by atoms with Gasteiger partial charge in [-0.15, -0.1) is 0 Å². The van der Waals surface area contributed by atoms with Gasteiger partial charge in [-0.25, -0.2) is 0 Å². The van der Waals surface area contributed by atoms with Crippen LogP contribution in [-0.4, -0.2) is 29.8 Å². The molecular formula is C10H17NO3. The third kappa shape index (κ3) is 1.82. The third-order valence-electron chi connectivity index (χ3n) is 2.80. The van der Waals surface area contributed by atoms with Crippen molar-refractivity contribution in [3.63, 3.8) is 0 Å². The molecule has 1 aliphatic heterocycles. The standard InChI is InChI=1S/C10H17NO3/c1-10(2)13-8-5-6(11)3-4-7(12)9(8)14-10/h6,8-9H,3-5,11H2,1-2H3/t6-,8-,9-/m0/s1. The van der Waals surface area contributed by atoms with Gasteiger partial charge in [0.1, 0.15) is 6.10 Å². The normalized spacial score (nSPS) is 41.9. The number of carbonyl (C=O) groups is 1. The number of hydrogen-bond acceptors (Lipinski definition) is 4. The first-order valence-corrected chi connectivity index (χ1v) is 5.12. The van der Waals surface area contributed by atoms with Crippen molar-refractivity contribution in [3.05, 3.63) is 0 Å². The van der Waals surface area contributed by atoms with Crippen LogP contribution in [0.4, 0.5) is 0 Å². The van der Waals surface area contributed by atoms with Crippen molar-refractivity contribution >= 4 is 5.78 Å². The van der Waals surface area contributed by atoms with E-state index in [1.165, 1.54) is 0 Å². The van der Waals surface area contributed by atoms with E-state index in [4.69, 9.17) is 15.2 Å². The van der Waals surface area contributed by atoms with Gasteiger partial charge in [0.25, 0.3) is 0 Å². The highest BCUT2D eigenvalue weighted by Crippen LogP contribution is 2.33. The highest BCUT2D eigenvalue weighted by molar-refractivity contribution is 5.84. The molecule has 2 rings (SSSR count). The smallest absolute Gasteiger partial charge is 0.164 e. The summed E-state index contributed by atoms with van der Waals surface area (Å²) in [5.74, 6) is -0.504. The Hall–Kier alpha value is -0.450. The van der Waals surface area contributed by atoms with Crippen molar-refractivity contribution in [2.45, 2.75) is 57.1 Å². The van der Waals surface area contributed by atoms with E-state index in [1.54, 1.807) is 0 Å². The molecule has 0 unspecified atom stereocenters. The summed E-state index contributed by atoms with van der Waals surface area (Å²) in [4.78, 5) is 11.7. The molecule has 1 heterocycles. The molecule has 0 spiro atoms. The first kappa shape index (κ1) is 10.1. The lowest BCUT2D eigenvalue weighted by Crippen LogP contribution is -2.31. The van der Waals surface area contributed by atoms with Crippen molar-refractivity contribution in [2.75, 3.05) is 0 Å². The lowest BCUT2D eigenvalue weighted by atomic mass is 10.1. The van der Waals surface area contributed by atoms with Crippen LogP contribution in [0.1, 0.15) is 33.1 Å². The van der Waals surface area contributed by atoms with Crippen molar-refractivity contribution < 1.29 is 14.3 Å². The Morgan fingerprint density at radius 2 is 2.14 bits per heavy atom. The predicted molar refractivity (Wildman–Crippen MR) is 50.7 cm³/mol. The molecule has 2 aliphatic rings. The van der Waals surface area contributed by atoms with Crippen LogP contribution in [-0.2, 0) is 14.3 Å². The summed E-state index contributed by atoms with van der Waals surface area (Å²) in [5, 5.41) is 0. The van der Waals surface area contributed by atoms with Gasteiger partial charge < -0.3 is 15.2 Å². The molecule has 4 nitrogen and oxygen atoms in total. The fraction of sp³-hybridized carbons (Fsp3) is 0.900. The number of hydrogen-bond donors (Lipinski definition) is 1. The van der Waals surface area contributed by atoms with Crippen LogP contribution in [0, 0.1) is 0 Å². The molecule has 0 bridgehead atoms. The van der Waals surface area contributed by atoms with Crippen LogP contribution in [0.25, 0.3) is 0 Å². The van der Waals surface area contributed by atoms with E-state index in [9.17, 15) is 4.79 Å². The second-order valence-electron chi connectivity index (χ2n) is 4.60. The minimum absolute atomic E-state index is 0.0615. The van der Waals surface area contributed by atoms with Gasteiger partial charge in [0.15, 0.2) is 11.6 Å². The van der Waals surface area contributed by atoms with Gasteiger partial charge >= 0.3 is 0 Å². The first-order valence-electron chi connectivity index (χ1n) is 5.12. The van der Waals surface area contributed by atoms with Gasteiger partial charge in [0.2, 0.25) is 0 Å². The molecule has 0 radical (unpaired) electrons.